The molecule has 0 saturated carbocycles. The van der Waals surface area contributed by atoms with Crippen molar-refractivity contribution < 1.29 is 64.3 Å². The third-order valence-corrected chi connectivity index (χ3v) is 2.68. The van der Waals surface area contributed by atoms with Gasteiger partial charge in [0.1, 0.15) is 0 Å². The van der Waals surface area contributed by atoms with Crippen LogP contribution in [0.5, 0.6) is 0 Å². The van der Waals surface area contributed by atoms with Crippen LogP contribution in [0.15, 0.2) is 24.3 Å². The topological polar surface area (TPSA) is 0 Å². The fourth-order valence-electron chi connectivity index (χ4n) is 1.66. The molecule has 90 valence electrons. The molecule has 0 fully saturated rings. The molecule has 0 aromatic heterocycles. The Hall–Kier alpha value is 0.711. The molecule has 1 aromatic carbocycles. The Morgan fingerprint density at radius 1 is 0.941 bits per heavy atom. The van der Waals surface area contributed by atoms with Crippen LogP contribution in [0, 0.1) is 0 Å². The minimum absolute atomic E-state index is 0. The van der Waals surface area contributed by atoms with E-state index in [0.29, 0.717) is 0 Å². The van der Waals surface area contributed by atoms with Crippen molar-refractivity contribution in [1.82, 2.24) is 0 Å². The average Bonchev–Trinajstić information content (AvgIpc) is 2.24. The van der Waals surface area contributed by atoms with Crippen molar-refractivity contribution in [2.45, 2.75) is 39.0 Å². The molecule has 5 heteroatoms. The fraction of sp³-hybridized carbons (Fsp3) is 0.500. The van der Waals surface area contributed by atoms with Crippen LogP contribution in [-0.2, 0) is 6.42 Å². The second-order valence-corrected chi connectivity index (χ2v) is 4.13. The molecule has 0 aliphatic carbocycles. The van der Waals surface area contributed by atoms with Crippen LogP contribution in [0.3, 0.4) is 0 Å². The van der Waals surface area contributed by atoms with Crippen LogP contribution < -0.4 is 56.8 Å². The molecule has 0 radical (unpaired) electrons. The van der Waals surface area contributed by atoms with Gasteiger partial charge in [0.05, 0.1) is 0 Å². The number of halogens is 3. The summed E-state index contributed by atoms with van der Waals surface area (Å²) in [5, 5.41) is 0. The zero-order valence-corrected chi connectivity index (χ0v) is 13.7. The third kappa shape index (κ3) is 7.01. The molecule has 0 spiro atoms. The van der Waals surface area contributed by atoms with Crippen LogP contribution in [0.1, 0.15) is 38.2 Å². The zero-order chi connectivity index (χ0) is 12.0. The second-order valence-electron chi connectivity index (χ2n) is 4.13. The minimum atomic E-state index is -4.84. The van der Waals surface area contributed by atoms with Gasteiger partial charge in [-0.2, -0.15) is 0 Å². The van der Waals surface area contributed by atoms with Crippen molar-refractivity contribution in [3.63, 3.8) is 0 Å². The smallest absolute Gasteiger partial charge is 0.445 e. The van der Waals surface area contributed by atoms with E-state index in [2.05, 4.69) is 6.92 Å². The van der Waals surface area contributed by atoms with Crippen LogP contribution in [0.2, 0.25) is 0 Å². The SMILES string of the molecule is CCCCCCc1ccc([B-](F)(F)F)cc1.[K+]. The summed E-state index contributed by atoms with van der Waals surface area (Å²) in [7, 11) is 0. The van der Waals surface area contributed by atoms with Crippen molar-refractivity contribution in [2.75, 3.05) is 0 Å². The Kier molecular flexibility index (Phi) is 9.12. The van der Waals surface area contributed by atoms with Gasteiger partial charge in [-0.1, -0.05) is 50.5 Å². The first kappa shape index (κ1) is 17.7. The molecule has 0 bridgehead atoms. The van der Waals surface area contributed by atoms with Gasteiger partial charge >= 0.3 is 58.4 Å². The van der Waals surface area contributed by atoms with Crippen molar-refractivity contribution in [3.8, 4) is 0 Å². The minimum Gasteiger partial charge on any atom is -0.445 e. The maximum Gasteiger partial charge on any atom is 1.00 e. The van der Waals surface area contributed by atoms with E-state index in [1.807, 2.05) is 0 Å². The van der Waals surface area contributed by atoms with E-state index in [0.717, 1.165) is 24.8 Å². The summed E-state index contributed by atoms with van der Waals surface area (Å²) in [6.45, 7) is -2.70. The summed E-state index contributed by atoms with van der Waals surface area (Å²) >= 11 is 0. The Morgan fingerprint density at radius 3 is 2.00 bits per heavy atom. The van der Waals surface area contributed by atoms with Gasteiger partial charge in [-0.15, -0.1) is 5.46 Å². The van der Waals surface area contributed by atoms with Gasteiger partial charge in [0.2, 0.25) is 0 Å². The summed E-state index contributed by atoms with van der Waals surface area (Å²) in [6, 6.07) is 5.57. The van der Waals surface area contributed by atoms with E-state index < -0.39 is 12.4 Å². The molecule has 0 atom stereocenters. The van der Waals surface area contributed by atoms with Crippen molar-refractivity contribution >= 4 is 12.4 Å². The van der Waals surface area contributed by atoms with Gasteiger partial charge in [-0.3, -0.25) is 0 Å². The molecule has 0 unspecified atom stereocenters. The molecule has 1 aromatic rings. The van der Waals surface area contributed by atoms with Crippen molar-refractivity contribution in [3.05, 3.63) is 29.8 Å². The summed E-state index contributed by atoms with van der Waals surface area (Å²) in [6.07, 6.45) is 5.47. The first-order valence-electron chi connectivity index (χ1n) is 5.83. The number of unbranched alkanes of at least 4 members (excludes halogenated alkanes) is 3. The van der Waals surface area contributed by atoms with Crippen LogP contribution in [0.25, 0.3) is 0 Å². The molecule has 1 rings (SSSR count). The fourth-order valence-corrected chi connectivity index (χ4v) is 1.66. The standard InChI is InChI=1S/C12H17BF3.K/c1-2-3-4-5-6-11-7-9-12(10-8-11)13(14,15)16;/h7-10H,2-6H2,1H3;/q-1;+1. The van der Waals surface area contributed by atoms with E-state index in [1.54, 1.807) is 12.1 Å². The maximum absolute atomic E-state index is 12.3. The molecular weight excluding hydrogens is 251 g/mol. The largest absolute Gasteiger partial charge is 1.00 e. The van der Waals surface area contributed by atoms with Crippen LogP contribution >= 0.6 is 0 Å². The number of aryl methyl sites for hydroxylation is 1. The van der Waals surface area contributed by atoms with E-state index in [-0.39, 0.29) is 51.4 Å². The monoisotopic (exact) mass is 268 g/mol. The van der Waals surface area contributed by atoms with Crippen molar-refractivity contribution in [2.24, 2.45) is 0 Å². The van der Waals surface area contributed by atoms with E-state index in [9.17, 15) is 12.9 Å². The van der Waals surface area contributed by atoms with Crippen molar-refractivity contribution in [1.29, 1.82) is 0 Å². The first-order chi connectivity index (χ1) is 7.54. The normalized spacial score (nSPS) is 11.1. The maximum atomic E-state index is 12.3. The number of hydrogen-bond donors (Lipinski definition) is 0. The van der Waals surface area contributed by atoms with Gasteiger partial charge in [0, 0.05) is 0 Å². The van der Waals surface area contributed by atoms with E-state index in [1.165, 1.54) is 25.0 Å². The predicted octanol–water partition coefficient (Wildman–Crippen LogP) is 0.868. The van der Waals surface area contributed by atoms with Crippen LogP contribution in [0.4, 0.5) is 12.9 Å². The molecule has 0 nitrogen and oxygen atoms in total. The molecule has 0 N–H and O–H groups in total. The number of benzene rings is 1. The Bertz CT molecular complexity index is 309. The van der Waals surface area contributed by atoms with E-state index >= 15 is 0 Å². The zero-order valence-electron chi connectivity index (χ0n) is 10.6. The quantitative estimate of drug-likeness (QED) is 0.530. The molecule has 0 aliphatic heterocycles. The average molecular weight is 268 g/mol. The van der Waals surface area contributed by atoms with E-state index in [4.69, 9.17) is 0 Å². The molecular formula is C12H17BF3K. The summed E-state index contributed by atoms with van der Waals surface area (Å²) in [5.41, 5.74) is 0.497. The number of hydrogen-bond acceptors (Lipinski definition) is 0. The predicted molar refractivity (Wildman–Crippen MR) is 63.0 cm³/mol. The third-order valence-electron chi connectivity index (χ3n) is 2.68. The molecule has 0 heterocycles. The second kappa shape index (κ2) is 8.75. The number of rotatable bonds is 6. The Labute approximate surface area is 144 Å². The Morgan fingerprint density at radius 2 is 1.53 bits per heavy atom. The molecule has 17 heavy (non-hydrogen) atoms. The molecule has 0 amide bonds. The van der Waals surface area contributed by atoms with Gasteiger partial charge in [0.15, 0.2) is 0 Å². The molecule has 0 saturated heterocycles. The summed E-state index contributed by atoms with van der Waals surface area (Å²) < 4.78 is 37.0. The Balaban J connectivity index is 0.00000256. The van der Waals surface area contributed by atoms with Gasteiger partial charge < -0.3 is 12.9 Å². The molecule has 0 aliphatic rings. The van der Waals surface area contributed by atoms with Gasteiger partial charge in [-0.05, 0) is 18.4 Å². The summed E-state index contributed by atoms with van der Waals surface area (Å²) in [5.74, 6) is 0. The first-order valence-corrected chi connectivity index (χ1v) is 5.83. The van der Waals surface area contributed by atoms with Crippen LogP contribution in [-0.4, -0.2) is 6.98 Å². The van der Waals surface area contributed by atoms with Gasteiger partial charge in [0.25, 0.3) is 0 Å². The van der Waals surface area contributed by atoms with Gasteiger partial charge in [-0.25, -0.2) is 0 Å². The summed E-state index contributed by atoms with van der Waals surface area (Å²) in [4.78, 5) is 0.